The summed E-state index contributed by atoms with van der Waals surface area (Å²) in [5.74, 6) is -1.83. The van der Waals surface area contributed by atoms with E-state index in [1.807, 2.05) is 6.92 Å². The molecule has 0 spiro atoms. The van der Waals surface area contributed by atoms with E-state index >= 15 is 0 Å². The molecule has 0 saturated heterocycles. The zero-order valence-electron chi connectivity index (χ0n) is 9.18. The predicted octanol–water partition coefficient (Wildman–Crippen LogP) is 3.26. The minimum atomic E-state index is -0.780. The number of anilines is 1. The van der Waals surface area contributed by atoms with Crippen molar-refractivity contribution < 1.29 is 13.6 Å². The quantitative estimate of drug-likeness (QED) is 0.786. The van der Waals surface area contributed by atoms with Gasteiger partial charge in [-0.2, -0.15) is 0 Å². The van der Waals surface area contributed by atoms with Gasteiger partial charge in [0.15, 0.2) is 0 Å². The van der Waals surface area contributed by atoms with E-state index in [2.05, 4.69) is 5.32 Å². The summed E-state index contributed by atoms with van der Waals surface area (Å²) in [6, 6.07) is 3.02. The number of nitrogens with one attached hydrogen (secondary N) is 1. The molecule has 1 rings (SSSR count). The van der Waals surface area contributed by atoms with Crippen molar-refractivity contribution in [3.05, 3.63) is 41.5 Å². The molecule has 1 aromatic rings. The number of hydrogen-bond donors (Lipinski definition) is 1. The molecule has 0 unspecified atom stereocenters. The van der Waals surface area contributed by atoms with Crippen LogP contribution in [0.15, 0.2) is 29.8 Å². The first kappa shape index (κ1) is 12.4. The van der Waals surface area contributed by atoms with E-state index < -0.39 is 11.6 Å². The van der Waals surface area contributed by atoms with Crippen molar-refractivity contribution in [2.75, 3.05) is 5.32 Å². The monoisotopic (exact) mass is 225 g/mol. The average molecular weight is 225 g/mol. The maximum atomic E-state index is 13.2. The lowest BCUT2D eigenvalue weighted by Crippen LogP contribution is -2.13. The predicted molar refractivity (Wildman–Crippen MR) is 59.0 cm³/mol. The second-order valence-corrected chi connectivity index (χ2v) is 3.37. The normalized spacial score (nSPS) is 11.4. The van der Waals surface area contributed by atoms with Crippen LogP contribution in [-0.4, -0.2) is 5.91 Å². The van der Waals surface area contributed by atoms with Gasteiger partial charge in [0.1, 0.15) is 11.6 Å². The highest BCUT2D eigenvalue weighted by molar-refractivity contribution is 6.03. The zero-order valence-corrected chi connectivity index (χ0v) is 9.18. The van der Waals surface area contributed by atoms with Crippen LogP contribution >= 0.6 is 0 Å². The second kappa shape index (κ2) is 5.39. The van der Waals surface area contributed by atoms with E-state index in [0.717, 1.165) is 18.6 Å². The minimum Gasteiger partial charge on any atom is -0.320 e. The fourth-order valence-electron chi connectivity index (χ4n) is 1.21. The molecule has 1 aromatic carbocycles. The average Bonchev–Trinajstić information content (AvgIpc) is 2.22. The molecular formula is C12H13F2NO. The number of carbonyl (C=O) groups excluding carboxylic acids is 1. The molecule has 1 N–H and O–H groups in total. The van der Waals surface area contributed by atoms with Crippen molar-refractivity contribution in [2.45, 2.75) is 20.3 Å². The molecule has 1 amide bonds. The molecule has 16 heavy (non-hydrogen) atoms. The van der Waals surface area contributed by atoms with Gasteiger partial charge in [0.05, 0.1) is 5.69 Å². The zero-order chi connectivity index (χ0) is 12.1. The highest BCUT2D eigenvalue weighted by Crippen LogP contribution is 2.15. The number of rotatable bonds is 3. The van der Waals surface area contributed by atoms with Crippen LogP contribution in [0, 0.1) is 11.6 Å². The fraction of sp³-hybridized carbons (Fsp3) is 0.250. The third kappa shape index (κ3) is 3.15. The van der Waals surface area contributed by atoms with Crippen molar-refractivity contribution in [3.8, 4) is 0 Å². The number of halogens is 2. The van der Waals surface area contributed by atoms with Crippen LogP contribution in [0.1, 0.15) is 20.3 Å². The van der Waals surface area contributed by atoms with Crippen LogP contribution in [0.5, 0.6) is 0 Å². The third-order valence-corrected chi connectivity index (χ3v) is 2.05. The summed E-state index contributed by atoms with van der Waals surface area (Å²) in [7, 11) is 0. The maximum absolute atomic E-state index is 13.2. The van der Waals surface area contributed by atoms with Crippen LogP contribution in [-0.2, 0) is 4.79 Å². The lowest BCUT2D eigenvalue weighted by molar-refractivity contribution is -0.112. The van der Waals surface area contributed by atoms with E-state index in [4.69, 9.17) is 0 Å². The van der Waals surface area contributed by atoms with Crippen LogP contribution in [0.3, 0.4) is 0 Å². The molecule has 0 aromatic heterocycles. The molecule has 0 heterocycles. The third-order valence-electron chi connectivity index (χ3n) is 2.05. The molecule has 2 nitrogen and oxygen atoms in total. The topological polar surface area (TPSA) is 29.1 Å². The summed E-state index contributed by atoms with van der Waals surface area (Å²) in [6.07, 6.45) is 2.46. The van der Waals surface area contributed by atoms with Gasteiger partial charge < -0.3 is 5.32 Å². The SMILES string of the molecule is CCC=C(C)C(=O)Nc1ccc(F)cc1F. The van der Waals surface area contributed by atoms with Gasteiger partial charge in [0.25, 0.3) is 5.91 Å². The van der Waals surface area contributed by atoms with Gasteiger partial charge >= 0.3 is 0 Å². The van der Waals surface area contributed by atoms with Crippen molar-refractivity contribution in [1.82, 2.24) is 0 Å². The molecule has 0 aliphatic carbocycles. The molecular weight excluding hydrogens is 212 g/mol. The summed E-state index contributed by atoms with van der Waals surface area (Å²) < 4.78 is 25.8. The number of hydrogen-bond acceptors (Lipinski definition) is 1. The molecule has 0 aliphatic heterocycles. The van der Waals surface area contributed by atoms with E-state index in [-0.39, 0.29) is 11.6 Å². The summed E-state index contributed by atoms with van der Waals surface area (Å²) in [5.41, 5.74) is 0.487. The smallest absolute Gasteiger partial charge is 0.251 e. The lowest BCUT2D eigenvalue weighted by Gasteiger charge is -2.06. The Labute approximate surface area is 93.0 Å². The molecule has 0 radical (unpaired) electrons. The number of carbonyl (C=O) groups is 1. The Kier molecular flexibility index (Phi) is 4.17. The van der Waals surface area contributed by atoms with Gasteiger partial charge in [-0.05, 0) is 25.5 Å². The van der Waals surface area contributed by atoms with Crippen molar-refractivity contribution in [3.63, 3.8) is 0 Å². The summed E-state index contributed by atoms with van der Waals surface area (Å²) in [6.45, 7) is 3.54. The molecule has 4 heteroatoms. The second-order valence-electron chi connectivity index (χ2n) is 3.37. The van der Waals surface area contributed by atoms with Gasteiger partial charge in [-0.15, -0.1) is 0 Å². The Morgan fingerprint density at radius 2 is 2.12 bits per heavy atom. The Bertz CT molecular complexity index is 427. The van der Waals surface area contributed by atoms with Crippen LogP contribution in [0.2, 0.25) is 0 Å². The Morgan fingerprint density at radius 3 is 2.69 bits per heavy atom. The molecule has 0 aliphatic rings. The van der Waals surface area contributed by atoms with Gasteiger partial charge in [-0.25, -0.2) is 8.78 Å². The fourth-order valence-corrected chi connectivity index (χ4v) is 1.21. The van der Waals surface area contributed by atoms with E-state index in [0.29, 0.717) is 5.57 Å². The van der Waals surface area contributed by atoms with Crippen LogP contribution < -0.4 is 5.32 Å². The first-order valence-corrected chi connectivity index (χ1v) is 4.97. The first-order valence-electron chi connectivity index (χ1n) is 4.97. The Morgan fingerprint density at radius 1 is 1.44 bits per heavy atom. The van der Waals surface area contributed by atoms with Gasteiger partial charge in [0.2, 0.25) is 0 Å². The Hall–Kier alpha value is -1.71. The van der Waals surface area contributed by atoms with Crippen LogP contribution in [0.25, 0.3) is 0 Å². The number of amides is 1. The Balaban J connectivity index is 2.81. The molecule has 0 saturated carbocycles. The first-order chi connectivity index (χ1) is 7.54. The summed E-state index contributed by atoms with van der Waals surface area (Å²) >= 11 is 0. The number of allylic oxidation sites excluding steroid dienone is 1. The molecule has 0 fully saturated rings. The van der Waals surface area contributed by atoms with Gasteiger partial charge in [-0.1, -0.05) is 13.0 Å². The molecule has 0 bridgehead atoms. The largest absolute Gasteiger partial charge is 0.320 e. The van der Waals surface area contributed by atoms with Crippen molar-refractivity contribution in [2.24, 2.45) is 0 Å². The van der Waals surface area contributed by atoms with Gasteiger partial charge in [0, 0.05) is 11.6 Å². The minimum absolute atomic E-state index is 0.0183. The van der Waals surface area contributed by atoms with Crippen molar-refractivity contribution in [1.29, 1.82) is 0 Å². The highest BCUT2D eigenvalue weighted by Gasteiger charge is 2.08. The standard InChI is InChI=1S/C12H13F2NO/c1-3-4-8(2)12(16)15-11-6-5-9(13)7-10(11)14/h4-7H,3H2,1-2H3,(H,15,16). The summed E-state index contributed by atoms with van der Waals surface area (Å²) in [4.78, 5) is 11.5. The summed E-state index contributed by atoms with van der Waals surface area (Å²) in [5, 5.41) is 2.37. The van der Waals surface area contributed by atoms with E-state index in [1.54, 1.807) is 13.0 Å². The van der Waals surface area contributed by atoms with Crippen molar-refractivity contribution >= 4 is 11.6 Å². The van der Waals surface area contributed by atoms with Gasteiger partial charge in [-0.3, -0.25) is 4.79 Å². The lowest BCUT2D eigenvalue weighted by atomic mass is 10.2. The number of benzene rings is 1. The highest BCUT2D eigenvalue weighted by atomic mass is 19.1. The maximum Gasteiger partial charge on any atom is 0.251 e. The molecule has 0 atom stereocenters. The van der Waals surface area contributed by atoms with E-state index in [9.17, 15) is 13.6 Å². The van der Waals surface area contributed by atoms with Crippen LogP contribution in [0.4, 0.5) is 14.5 Å². The van der Waals surface area contributed by atoms with E-state index in [1.165, 1.54) is 6.07 Å². The molecule has 86 valence electrons.